The molecule has 0 saturated carbocycles. The number of rotatable bonds is 8. The minimum atomic E-state index is -0.278. The Morgan fingerprint density at radius 3 is 2.64 bits per heavy atom. The van der Waals surface area contributed by atoms with E-state index in [1.54, 1.807) is 6.26 Å². The average Bonchev–Trinajstić information content (AvgIpc) is 2.15. The van der Waals surface area contributed by atoms with Gasteiger partial charge in [-0.1, -0.05) is 6.08 Å². The first-order valence-corrected chi connectivity index (χ1v) is 6.16. The second-order valence-corrected chi connectivity index (χ2v) is 3.42. The zero-order valence-corrected chi connectivity index (χ0v) is 10.8. The SMILES string of the molecule is CC(=O)OCCOCCOC=CC[SiH3]. The van der Waals surface area contributed by atoms with Crippen LogP contribution in [0.15, 0.2) is 12.3 Å². The van der Waals surface area contributed by atoms with Gasteiger partial charge >= 0.3 is 5.97 Å². The van der Waals surface area contributed by atoms with E-state index in [2.05, 4.69) is 4.74 Å². The van der Waals surface area contributed by atoms with Gasteiger partial charge < -0.3 is 14.2 Å². The topological polar surface area (TPSA) is 44.8 Å². The van der Waals surface area contributed by atoms with Gasteiger partial charge in [0, 0.05) is 17.2 Å². The van der Waals surface area contributed by atoms with E-state index >= 15 is 0 Å². The van der Waals surface area contributed by atoms with E-state index in [-0.39, 0.29) is 5.97 Å². The molecule has 0 amide bonds. The highest BCUT2D eigenvalue weighted by Gasteiger charge is 1.92. The molecule has 0 aromatic carbocycles. The molecular formula is C9H18O4Si. The molecule has 0 spiro atoms. The minimum Gasteiger partial charge on any atom is -0.499 e. The molecule has 0 aliphatic carbocycles. The van der Waals surface area contributed by atoms with Crippen LogP contribution in [0.25, 0.3) is 0 Å². The highest BCUT2D eigenvalue weighted by atomic mass is 28.1. The Labute approximate surface area is 87.6 Å². The summed E-state index contributed by atoms with van der Waals surface area (Å²) < 4.78 is 14.9. The lowest BCUT2D eigenvalue weighted by atomic mass is 10.7. The summed E-state index contributed by atoms with van der Waals surface area (Å²) in [6, 6.07) is 1.10. The smallest absolute Gasteiger partial charge is 0.302 e. The predicted molar refractivity (Wildman–Crippen MR) is 57.3 cm³/mol. The summed E-state index contributed by atoms with van der Waals surface area (Å²) in [4.78, 5) is 10.3. The maximum Gasteiger partial charge on any atom is 0.302 e. The molecule has 0 saturated heterocycles. The predicted octanol–water partition coefficient (Wildman–Crippen LogP) is -0.120. The Bertz CT molecular complexity index is 170. The van der Waals surface area contributed by atoms with Crippen molar-refractivity contribution in [1.82, 2.24) is 0 Å². The van der Waals surface area contributed by atoms with Crippen molar-refractivity contribution >= 4 is 16.2 Å². The van der Waals surface area contributed by atoms with Crippen molar-refractivity contribution in [3.63, 3.8) is 0 Å². The molecule has 0 unspecified atom stereocenters. The molecular weight excluding hydrogens is 200 g/mol. The van der Waals surface area contributed by atoms with Crippen LogP contribution >= 0.6 is 0 Å². The quantitative estimate of drug-likeness (QED) is 0.247. The van der Waals surface area contributed by atoms with Crippen LogP contribution in [0.3, 0.4) is 0 Å². The molecule has 0 aliphatic heterocycles. The molecule has 4 nitrogen and oxygen atoms in total. The van der Waals surface area contributed by atoms with Crippen molar-refractivity contribution in [2.45, 2.75) is 13.0 Å². The molecule has 0 bridgehead atoms. The molecule has 0 aliphatic rings. The molecule has 0 aromatic heterocycles. The van der Waals surface area contributed by atoms with Crippen LogP contribution in [0.1, 0.15) is 6.92 Å². The van der Waals surface area contributed by atoms with Crippen LogP contribution in [0.2, 0.25) is 6.04 Å². The first kappa shape index (κ1) is 13.2. The first-order valence-electron chi connectivity index (χ1n) is 4.75. The van der Waals surface area contributed by atoms with Crippen LogP contribution < -0.4 is 0 Å². The number of hydrogen-bond acceptors (Lipinski definition) is 4. The number of carbonyl (C=O) groups is 1. The van der Waals surface area contributed by atoms with Crippen molar-refractivity contribution < 1.29 is 19.0 Å². The standard InChI is InChI=1S/C9H18O4Si/c1-9(10)13-7-6-12-5-4-11-3-2-8-14/h2-3H,4-8H2,1,14H3. The van der Waals surface area contributed by atoms with Crippen LogP contribution in [0.5, 0.6) is 0 Å². The van der Waals surface area contributed by atoms with Crippen LogP contribution in [0.4, 0.5) is 0 Å². The van der Waals surface area contributed by atoms with Gasteiger partial charge in [0.2, 0.25) is 0 Å². The van der Waals surface area contributed by atoms with Gasteiger partial charge in [-0.3, -0.25) is 4.79 Å². The van der Waals surface area contributed by atoms with E-state index in [4.69, 9.17) is 9.47 Å². The Morgan fingerprint density at radius 2 is 2.00 bits per heavy atom. The molecule has 0 fully saturated rings. The second kappa shape index (κ2) is 10.3. The summed E-state index contributed by atoms with van der Waals surface area (Å²) in [7, 11) is 1.16. The molecule has 5 heteroatoms. The van der Waals surface area contributed by atoms with E-state index in [1.807, 2.05) is 6.08 Å². The van der Waals surface area contributed by atoms with Crippen molar-refractivity contribution in [2.75, 3.05) is 26.4 Å². The van der Waals surface area contributed by atoms with E-state index in [0.29, 0.717) is 26.4 Å². The third kappa shape index (κ3) is 11.2. The van der Waals surface area contributed by atoms with Gasteiger partial charge in [-0.05, 0) is 6.04 Å². The van der Waals surface area contributed by atoms with Crippen molar-refractivity contribution in [3.8, 4) is 0 Å². The maximum atomic E-state index is 10.3. The number of allylic oxidation sites excluding steroid dienone is 1. The Balaban J connectivity index is 2.99. The molecule has 82 valence electrons. The van der Waals surface area contributed by atoms with Crippen LogP contribution in [-0.2, 0) is 19.0 Å². The van der Waals surface area contributed by atoms with Gasteiger partial charge in [0.05, 0.1) is 19.5 Å². The molecule has 0 atom stereocenters. The summed E-state index contributed by atoms with van der Waals surface area (Å²) in [5, 5.41) is 0. The first-order chi connectivity index (χ1) is 6.77. The number of hydrogen-bond donors (Lipinski definition) is 0. The van der Waals surface area contributed by atoms with E-state index in [0.717, 1.165) is 16.3 Å². The fraction of sp³-hybridized carbons (Fsp3) is 0.667. The molecule has 14 heavy (non-hydrogen) atoms. The Hall–Kier alpha value is -0.813. The van der Waals surface area contributed by atoms with E-state index in [1.165, 1.54) is 6.92 Å². The maximum absolute atomic E-state index is 10.3. The summed E-state index contributed by atoms with van der Waals surface area (Å²) in [5.41, 5.74) is 0. The highest BCUT2D eigenvalue weighted by Crippen LogP contribution is 1.83. The van der Waals surface area contributed by atoms with Gasteiger partial charge in [0.25, 0.3) is 0 Å². The Morgan fingerprint density at radius 1 is 1.29 bits per heavy atom. The fourth-order valence-corrected chi connectivity index (χ4v) is 0.878. The number of carbonyl (C=O) groups excluding carboxylic acids is 1. The highest BCUT2D eigenvalue weighted by molar-refractivity contribution is 6.09. The number of esters is 1. The minimum absolute atomic E-state index is 0.278. The largest absolute Gasteiger partial charge is 0.499 e. The normalized spacial score (nSPS) is 10.6. The fourth-order valence-electron chi connectivity index (χ4n) is 0.686. The van der Waals surface area contributed by atoms with Crippen LogP contribution in [-0.4, -0.2) is 42.6 Å². The summed E-state index contributed by atoms with van der Waals surface area (Å²) >= 11 is 0. The van der Waals surface area contributed by atoms with Gasteiger partial charge in [-0.15, -0.1) is 0 Å². The van der Waals surface area contributed by atoms with Crippen LogP contribution in [0, 0.1) is 0 Å². The van der Waals surface area contributed by atoms with E-state index < -0.39 is 0 Å². The van der Waals surface area contributed by atoms with Gasteiger partial charge in [0.1, 0.15) is 13.2 Å². The summed E-state index contributed by atoms with van der Waals surface area (Å²) in [6.07, 6.45) is 3.69. The molecule has 0 heterocycles. The molecule has 0 radical (unpaired) electrons. The second-order valence-electron chi connectivity index (χ2n) is 2.60. The monoisotopic (exact) mass is 218 g/mol. The van der Waals surface area contributed by atoms with Gasteiger partial charge in [-0.2, -0.15) is 0 Å². The third-order valence-corrected chi connectivity index (χ3v) is 1.78. The average molecular weight is 218 g/mol. The van der Waals surface area contributed by atoms with Gasteiger partial charge in [-0.25, -0.2) is 0 Å². The third-order valence-electron chi connectivity index (χ3n) is 1.31. The lowest BCUT2D eigenvalue weighted by molar-refractivity contribution is -0.142. The molecule has 0 N–H and O–H groups in total. The zero-order chi connectivity index (χ0) is 10.6. The Kier molecular flexibility index (Phi) is 9.67. The summed E-state index contributed by atoms with van der Waals surface area (Å²) in [5.74, 6) is -0.278. The summed E-state index contributed by atoms with van der Waals surface area (Å²) in [6.45, 7) is 3.17. The van der Waals surface area contributed by atoms with Crippen molar-refractivity contribution in [3.05, 3.63) is 12.3 Å². The van der Waals surface area contributed by atoms with Gasteiger partial charge in [0.15, 0.2) is 0 Å². The number of ether oxygens (including phenoxy) is 3. The molecule has 0 aromatic rings. The van der Waals surface area contributed by atoms with Crippen molar-refractivity contribution in [2.24, 2.45) is 0 Å². The lowest BCUT2D eigenvalue weighted by Crippen LogP contribution is -2.10. The van der Waals surface area contributed by atoms with Crippen molar-refractivity contribution in [1.29, 1.82) is 0 Å². The lowest BCUT2D eigenvalue weighted by Gasteiger charge is -2.04. The molecule has 0 rings (SSSR count). The zero-order valence-electron chi connectivity index (χ0n) is 8.82. The van der Waals surface area contributed by atoms with E-state index in [9.17, 15) is 4.79 Å².